The maximum absolute atomic E-state index is 13.2. The van der Waals surface area contributed by atoms with Gasteiger partial charge in [0.25, 0.3) is 0 Å². The number of fused-ring (bicyclic) bond motifs is 1. The van der Waals surface area contributed by atoms with Gasteiger partial charge in [-0.15, -0.1) is 12.6 Å². The zero-order valence-corrected chi connectivity index (χ0v) is 18.7. The molecule has 1 saturated heterocycles. The van der Waals surface area contributed by atoms with Crippen LogP contribution in [0.4, 0.5) is 26.3 Å². The van der Waals surface area contributed by atoms with Gasteiger partial charge >= 0.3 is 12.4 Å². The standard InChI is InChI=1S/C17H15F6N2O.Ac/c18-16(19,20)11-5-3-4-9-10(15(26)12-6-1-2-7-24-12)8-13(17(21,22)23)25-14(9)11;/h3-5,8,12,15,26H,1-2,6-7H2;/q-1;/t12-,15+;/m1./s1. The van der Waals surface area contributed by atoms with Gasteiger partial charge in [-0.25, -0.2) is 4.98 Å². The summed E-state index contributed by atoms with van der Waals surface area (Å²) in [5, 5.41) is 14.6. The van der Waals surface area contributed by atoms with E-state index in [-0.39, 0.29) is 55.0 Å². The SMILES string of the molecule is O[C@@H](c1cc(C(F)(F)F)nc2c(C(F)(F)F)cccc12)[C@H]1CCCC[N-]1.[Ac]. The van der Waals surface area contributed by atoms with Crippen LogP contribution in [-0.2, 0) is 12.4 Å². The number of para-hydroxylation sites is 1. The molecule has 1 aromatic carbocycles. The molecule has 10 heteroatoms. The van der Waals surface area contributed by atoms with E-state index in [4.69, 9.17) is 0 Å². The Kier molecular flexibility index (Phi) is 7.21. The van der Waals surface area contributed by atoms with Crippen LogP contribution in [0.5, 0.6) is 0 Å². The van der Waals surface area contributed by atoms with Crippen LogP contribution in [0.3, 0.4) is 0 Å². The molecular weight excluding hydrogens is 589 g/mol. The zero-order valence-electron chi connectivity index (χ0n) is 14.0. The fourth-order valence-electron chi connectivity index (χ4n) is 3.17. The summed E-state index contributed by atoms with van der Waals surface area (Å²) in [6.07, 6.45) is -9.21. The molecule has 1 aliphatic rings. The number of aliphatic hydroxyl groups excluding tert-OH is 1. The molecule has 1 radical (unpaired) electrons. The van der Waals surface area contributed by atoms with Crippen molar-refractivity contribution < 1.29 is 75.5 Å². The zero-order chi connectivity index (χ0) is 19.1. The number of halogens is 6. The molecule has 1 aromatic heterocycles. The van der Waals surface area contributed by atoms with E-state index < -0.39 is 41.3 Å². The minimum absolute atomic E-state index is 0. The summed E-state index contributed by atoms with van der Waals surface area (Å²) in [4.78, 5) is 3.21. The van der Waals surface area contributed by atoms with E-state index in [2.05, 4.69) is 10.3 Å². The van der Waals surface area contributed by atoms with Crippen molar-refractivity contribution >= 4 is 10.9 Å². The molecule has 0 saturated carbocycles. The van der Waals surface area contributed by atoms with Crippen molar-refractivity contribution in [2.24, 2.45) is 0 Å². The molecule has 3 nitrogen and oxygen atoms in total. The van der Waals surface area contributed by atoms with Crippen LogP contribution in [0.15, 0.2) is 24.3 Å². The monoisotopic (exact) mass is 604 g/mol. The topological polar surface area (TPSA) is 47.2 Å². The molecule has 0 unspecified atom stereocenters. The first kappa shape index (κ1) is 22.9. The van der Waals surface area contributed by atoms with Gasteiger partial charge in [0.15, 0.2) is 0 Å². The van der Waals surface area contributed by atoms with Gasteiger partial charge in [0.05, 0.1) is 17.2 Å². The molecule has 3 rings (SSSR count). The minimum atomic E-state index is -4.94. The van der Waals surface area contributed by atoms with Crippen LogP contribution in [0, 0.1) is 44.1 Å². The second kappa shape index (κ2) is 8.52. The first-order chi connectivity index (χ1) is 12.1. The van der Waals surface area contributed by atoms with Crippen molar-refractivity contribution in [3.05, 3.63) is 46.4 Å². The summed E-state index contributed by atoms with van der Waals surface area (Å²) in [5.74, 6) is 0. The van der Waals surface area contributed by atoms with E-state index in [0.717, 1.165) is 18.9 Å². The van der Waals surface area contributed by atoms with Gasteiger partial charge < -0.3 is 10.4 Å². The van der Waals surface area contributed by atoms with E-state index in [1.807, 2.05) is 0 Å². The first-order valence-corrected chi connectivity index (χ1v) is 8.02. The third-order valence-corrected chi connectivity index (χ3v) is 4.42. The number of aromatic nitrogens is 1. The van der Waals surface area contributed by atoms with Crippen molar-refractivity contribution in [2.75, 3.05) is 6.54 Å². The van der Waals surface area contributed by atoms with Gasteiger partial charge in [-0.3, -0.25) is 0 Å². The third-order valence-electron chi connectivity index (χ3n) is 4.42. The van der Waals surface area contributed by atoms with E-state index in [9.17, 15) is 31.4 Å². The Hall–Kier alpha value is -0.428. The Labute approximate surface area is 187 Å². The molecule has 0 aliphatic carbocycles. The Morgan fingerprint density at radius 2 is 1.78 bits per heavy atom. The van der Waals surface area contributed by atoms with E-state index in [1.165, 1.54) is 6.07 Å². The number of aliphatic hydroxyl groups is 1. The van der Waals surface area contributed by atoms with Gasteiger partial charge in [0.1, 0.15) is 5.69 Å². The summed E-state index contributed by atoms with van der Waals surface area (Å²) < 4.78 is 79.2. The average molecular weight is 604 g/mol. The molecule has 145 valence electrons. The maximum Gasteiger partial charge on any atom is 0.433 e. The van der Waals surface area contributed by atoms with Crippen LogP contribution < -0.4 is 0 Å². The van der Waals surface area contributed by atoms with Crippen molar-refractivity contribution in [2.45, 2.75) is 43.8 Å². The number of hydrogen-bond donors (Lipinski definition) is 1. The summed E-state index contributed by atoms with van der Waals surface area (Å²) >= 11 is 0. The van der Waals surface area contributed by atoms with Gasteiger partial charge in [-0.1, -0.05) is 31.4 Å². The molecule has 0 bridgehead atoms. The summed E-state index contributed by atoms with van der Waals surface area (Å²) in [5.41, 5.74) is -3.79. The molecule has 1 fully saturated rings. The van der Waals surface area contributed by atoms with Gasteiger partial charge in [0.2, 0.25) is 0 Å². The predicted molar refractivity (Wildman–Crippen MR) is 82.6 cm³/mol. The molecular formula is C17H15AcF6N2O-. The average Bonchev–Trinajstić information content (AvgIpc) is 2.58. The van der Waals surface area contributed by atoms with Crippen LogP contribution in [0.1, 0.15) is 42.2 Å². The van der Waals surface area contributed by atoms with Crippen molar-refractivity contribution in [3.8, 4) is 0 Å². The molecule has 0 amide bonds. The number of piperidine rings is 1. The second-order valence-electron chi connectivity index (χ2n) is 6.21. The Balaban J connectivity index is 0.00000261. The number of hydrogen-bond acceptors (Lipinski definition) is 2. The molecule has 1 aliphatic heterocycles. The summed E-state index contributed by atoms with van der Waals surface area (Å²) in [7, 11) is 0. The minimum Gasteiger partial charge on any atom is -0.657 e. The molecule has 1 N–H and O–H groups in total. The van der Waals surface area contributed by atoms with Gasteiger partial charge in [-0.05, 0) is 17.7 Å². The molecule has 0 spiro atoms. The van der Waals surface area contributed by atoms with Crippen molar-refractivity contribution in [1.82, 2.24) is 4.98 Å². The van der Waals surface area contributed by atoms with Gasteiger partial charge in [-0.2, -0.15) is 26.3 Å². The van der Waals surface area contributed by atoms with Crippen LogP contribution in [0.25, 0.3) is 16.2 Å². The normalized spacial score (nSPS) is 19.6. The molecule has 2 aromatic rings. The number of alkyl halides is 6. The van der Waals surface area contributed by atoms with Gasteiger partial charge in [0, 0.05) is 49.4 Å². The number of rotatable bonds is 2. The largest absolute Gasteiger partial charge is 0.657 e. The maximum atomic E-state index is 13.2. The fraction of sp³-hybridized carbons (Fsp3) is 0.471. The third kappa shape index (κ3) is 4.95. The van der Waals surface area contributed by atoms with Crippen molar-refractivity contribution in [1.29, 1.82) is 0 Å². The molecule has 27 heavy (non-hydrogen) atoms. The quantitative estimate of drug-likeness (QED) is 0.478. The number of nitrogens with zero attached hydrogens (tertiary/aromatic N) is 2. The predicted octanol–water partition coefficient (Wildman–Crippen LogP) is 5.23. The second-order valence-corrected chi connectivity index (χ2v) is 6.21. The van der Waals surface area contributed by atoms with E-state index in [0.29, 0.717) is 25.1 Å². The number of benzene rings is 1. The Morgan fingerprint density at radius 1 is 1.07 bits per heavy atom. The smallest absolute Gasteiger partial charge is 0.433 e. The van der Waals surface area contributed by atoms with Crippen LogP contribution >= 0.6 is 0 Å². The van der Waals surface area contributed by atoms with E-state index >= 15 is 0 Å². The summed E-state index contributed by atoms with van der Waals surface area (Å²) in [6.45, 7) is 0.463. The van der Waals surface area contributed by atoms with Crippen LogP contribution in [-0.4, -0.2) is 22.7 Å². The van der Waals surface area contributed by atoms with Crippen LogP contribution in [0.2, 0.25) is 0 Å². The fourth-order valence-corrected chi connectivity index (χ4v) is 3.17. The Morgan fingerprint density at radius 3 is 2.33 bits per heavy atom. The Bertz CT molecular complexity index is 802. The molecule has 2 atom stereocenters. The molecule has 2 heterocycles. The summed E-state index contributed by atoms with van der Waals surface area (Å²) in [6, 6.07) is 2.98. The van der Waals surface area contributed by atoms with E-state index in [1.54, 1.807) is 0 Å². The van der Waals surface area contributed by atoms with Crippen molar-refractivity contribution in [3.63, 3.8) is 0 Å². The number of pyridine rings is 1. The first-order valence-electron chi connectivity index (χ1n) is 8.02.